The lowest BCUT2D eigenvalue weighted by Crippen LogP contribution is -1.94. The number of ether oxygens (including phenoxy) is 1. The molecule has 0 aliphatic heterocycles. The van der Waals surface area contributed by atoms with Crippen LogP contribution in [0.1, 0.15) is 11.1 Å². The topological polar surface area (TPSA) is 38.7 Å². The third-order valence-electron chi connectivity index (χ3n) is 1.90. The number of hydrogen-bond acceptors (Lipinski definition) is 3. The highest BCUT2D eigenvalue weighted by Crippen LogP contribution is 2.30. The smallest absolute Gasteiger partial charge is 0.179 e. The van der Waals surface area contributed by atoms with Gasteiger partial charge in [-0.3, -0.25) is 0 Å². The first-order valence-corrected chi connectivity index (χ1v) is 4.44. The summed E-state index contributed by atoms with van der Waals surface area (Å²) in [5, 5.41) is 9.49. The monoisotopic (exact) mass is 246 g/mol. The normalized spacial score (nSPS) is 10.1. The highest BCUT2D eigenvalue weighted by atomic mass is 79.9. The zero-order valence-electron chi connectivity index (χ0n) is 7.50. The first kappa shape index (κ1) is 10.3. The molecule has 1 aromatic carbocycles. The van der Waals surface area contributed by atoms with Gasteiger partial charge in [0.25, 0.3) is 0 Å². The van der Waals surface area contributed by atoms with E-state index in [9.17, 15) is 5.11 Å². The molecule has 1 rings (SSSR count). The molecule has 0 atom stereocenters. The van der Waals surface area contributed by atoms with E-state index in [-0.39, 0.29) is 5.75 Å². The van der Waals surface area contributed by atoms with E-state index in [0.717, 1.165) is 11.1 Å². The minimum Gasteiger partial charge on any atom is -0.508 e. The fourth-order valence-corrected chi connectivity index (χ4v) is 1.48. The number of methoxy groups -OCH3 is 1. The third kappa shape index (κ3) is 2.14. The molecular formula is C9H11BrO3. The summed E-state index contributed by atoms with van der Waals surface area (Å²) < 4.78 is 9.89. The summed E-state index contributed by atoms with van der Waals surface area (Å²) in [7, 11) is 1.58. The SMILES string of the molecule is COCc1c(O)ccc(OBr)c1C. The average Bonchev–Trinajstić information content (AvgIpc) is 2.12. The molecule has 0 spiro atoms. The van der Waals surface area contributed by atoms with Crippen LogP contribution in [0.15, 0.2) is 12.1 Å². The lowest BCUT2D eigenvalue weighted by Gasteiger charge is -2.09. The largest absolute Gasteiger partial charge is 0.508 e. The van der Waals surface area contributed by atoms with E-state index in [2.05, 4.69) is 16.3 Å². The van der Waals surface area contributed by atoms with Crippen molar-refractivity contribution >= 4 is 16.3 Å². The van der Waals surface area contributed by atoms with Gasteiger partial charge < -0.3 is 13.7 Å². The molecule has 0 aliphatic carbocycles. The van der Waals surface area contributed by atoms with Crippen LogP contribution in [-0.4, -0.2) is 12.2 Å². The quantitative estimate of drug-likeness (QED) is 0.891. The maximum absolute atomic E-state index is 9.49. The van der Waals surface area contributed by atoms with Gasteiger partial charge in [0.15, 0.2) is 16.3 Å². The number of benzene rings is 1. The molecular weight excluding hydrogens is 236 g/mol. The summed E-state index contributed by atoms with van der Waals surface area (Å²) in [6.07, 6.45) is 0. The summed E-state index contributed by atoms with van der Waals surface area (Å²) in [5.41, 5.74) is 1.62. The number of aromatic hydroxyl groups is 1. The second-order valence-corrected chi connectivity index (χ2v) is 3.02. The first-order chi connectivity index (χ1) is 6.20. The van der Waals surface area contributed by atoms with Gasteiger partial charge in [0.05, 0.1) is 6.61 Å². The molecule has 0 bridgehead atoms. The highest BCUT2D eigenvalue weighted by Gasteiger charge is 2.09. The Morgan fingerprint density at radius 2 is 2.15 bits per heavy atom. The van der Waals surface area contributed by atoms with Crippen LogP contribution < -0.4 is 3.83 Å². The lowest BCUT2D eigenvalue weighted by molar-refractivity contribution is 0.181. The molecule has 0 aromatic heterocycles. The van der Waals surface area contributed by atoms with Crippen molar-refractivity contribution in [1.82, 2.24) is 0 Å². The molecule has 0 saturated heterocycles. The molecule has 0 heterocycles. The second kappa shape index (κ2) is 4.48. The maximum Gasteiger partial charge on any atom is 0.179 e. The lowest BCUT2D eigenvalue weighted by atomic mass is 10.1. The molecule has 72 valence electrons. The van der Waals surface area contributed by atoms with Crippen molar-refractivity contribution in [3.05, 3.63) is 23.3 Å². The van der Waals surface area contributed by atoms with Crippen molar-refractivity contribution in [1.29, 1.82) is 0 Å². The van der Waals surface area contributed by atoms with Crippen molar-refractivity contribution < 1.29 is 13.7 Å². The molecule has 3 nitrogen and oxygen atoms in total. The van der Waals surface area contributed by atoms with E-state index in [4.69, 9.17) is 8.57 Å². The van der Waals surface area contributed by atoms with Crippen LogP contribution >= 0.6 is 16.3 Å². The van der Waals surface area contributed by atoms with Gasteiger partial charge in [-0.25, -0.2) is 0 Å². The molecule has 0 amide bonds. The number of rotatable bonds is 3. The number of phenols is 1. The minimum atomic E-state index is 0.229. The van der Waals surface area contributed by atoms with Crippen LogP contribution in [0.2, 0.25) is 0 Å². The van der Waals surface area contributed by atoms with Gasteiger partial charge in [-0.15, -0.1) is 0 Å². The molecule has 13 heavy (non-hydrogen) atoms. The van der Waals surface area contributed by atoms with Crippen LogP contribution in [0, 0.1) is 6.92 Å². The summed E-state index contributed by atoms with van der Waals surface area (Å²) in [4.78, 5) is 0. The van der Waals surface area contributed by atoms with E-state index in [1.165, 1.54) is 0 Å². The zero-order chi connectivity index (χ0) is 9.84. The molecule has 4 heteroatoms. The Morgan fingerprint density at radius 1 is 1.46 bits per heavy atom. The Labute approximate surface area is 85.7 Å². The number of phenolic OH excluding ortho intramolecular Hbond substituents is 1. The predicted octanol–water partition coefficient (Wildman–Crippen LogP) is 2.54. The summed E-state index contributed by atoms with van der Waals surface area (Å²) in [5.74, 6) is 0.914. The highest BCUT2D eigenvalue weighted by molar-refractivity contribution is 9.06. The van der Waals surface area contributed by atoms with Crippen LogP contribution in [0.4, 0.5) is 0 Å². The summed E-state index contributed by atoms with van der Waals surface area (Å²) >= 11 is 2.90. The van der Waals surface area contributed by atoms with Gasteiger partial charge in [0, 0.05) is 18.2 Å². The number of halogens is 1. The molecule has 0 fully saturated rings. The first-order valence-electron chi connectivity index (χ1n) is 3.79. The third-order valence-corrected chi connectivity index (χ3v) is 2.24. The van der Waals surface area contributed by atoms with Crippen LogP contribution in [0.5, 0.6) is 11.5 Å². The Kier molecular flexibility index (Phi) is 3.57. The Bertz CT molecular complexity index is 299. The molecule has 0 radical (unpaired) electrons. The van der Waals surface area contributed by atoms with E-state index >= 15 is 0 Å². The maximum atomic E-state index is 9.49. The van der Waals surface area contributed by atoms with E-state index < -0.39 is 0 Å². The van der Waals surface area contributed by atoms with Crippen molar-refractivity contribution in [3.63, 3.8) is 0 Å². The minimum absolute atomic E-state index is 0.229. The average molecular weight is 247 g/mol. The van der Waals surface area contributed by atoms with E-state index in [1.807, 2.05) is 6.92 Å². The number of hydrogen-bond donors (Lipinski definition) is 1. The van der Waals surface area contributed by atoms with E-state index in [0.29, 0.717) is 12.4 Å². The van der Waals surface area contributed by atoms with Crippen molar-refractivity contribution in [3.8, 4) is 11.5 Å². The van der Waals surface area contributed by atoms with Crippen LogP contribution in [0.3, 0.4) is 0 Å². The predicted molar refractivity (Wildman–Crippen MR) is 53.1 cm³/mol. The Hall–Kier alpha value is -0.740. The molecule has 0 saturated carbocycles. The second-order valence-electron chi connectivity index (χ2n) is 2.70. The van der Waals surface area contributed by atoms with Crippen LogP contribution in [0.25, 0.3) is 0 Å². The zero-order valence-corrected chi connectivity index (χ0v) is 9.09. The molecule has 1 N–H and O–H groups in total. The van der Waals surface area contributed by atoms with E-state index in [1.54, 1.807) is 19.2 Å². The van der Waals surface area contributed by atoms with Crippen LogP contribution in [-0.2, 0) is 11.3 Å². The van der Waals surface area contributed by atoms with Gasteiger partial charge in [0.2, 0.25) is 0 Å². The van der Waals surface area contributed by atoms with Gasteiger partial charge in [-0.2, -0.15) is 0 Å². The fraction of sp³-hybridized carbons (Fsp3) is 0.333. The Balaban J connectivity index is 3.13. The van der Waals surface area contributed by atoms with Crippen molar-refractivity contribution in [2.75, 3.05) is 7.11 Å². The summed E-state index contributed by atoms with van der Waals surface area (Å²) in [6, 6.07) is 3.27. The van der Waals surface area contributed by atoms with Gasteiger partial charge in [-0.1, -0.05) is 0 Å². The van der Waals surface area contributed by atoms with Crippen molar-refractivity contribution in [2.45, 2.75) is 13.5 Å². The molecule has 0 aliphatic rings. The van der Waals surface area contributed by atoms with Gasteiger partial charge in [-0.05, 0) is 19.1 Å². The molecule has 1 aromatic rings. The van der Waals surface area contributed by atoms with Crippen molar-refractivity contribution in [2.24, 2.45) is 0 Å². The molecule has 0 unspecified atom stereocenters. The standard InChI is InChI=1S/C9H11BrO3/c1-6-7(5-12-2)8(11)3-4-9(6)13-10/h3-4,11H,5H2,1-2H3. The van der Waals surface area contributed by atoms with Gasteiger partial charge in [0.1, 0.15) is 11.5 Å². The fourth-order valence-electron chi connectivity index (χ4n) is 1.13. The van der Waals surface area contributed by atoms with Gasteiger partial charge >= 0.3 is 0 Å². The Morgan fingerprint density at radius 3 is 2.69 bits per heavy atom. The summed E-state index contributed by atoms with van der Waals surface area (Å²) in [6.45, 7) is 2.24.